The summed E-state index contributed by atoms with van der Waals surface area (Å²) >= 11 is 0. The van der Waals surface area contributed by atoms with Crippen molar-refractivity contribution in [3.63, 3.8) is 0 Å². The van der Waals surface area contributed by atoms with Gasteiger partial charge in [-0.05, 0) is 37.0 Å². The summed E-state index contributed by atoms with van der Waals surface area (Å²) in [6.07, 6.45) is 0.695. The zero-order valence-corrected chi connectivity index (χ0v) is 9.47. The molecule has 0 aliphatic carbocycles. The highest BCUT2D eigenvalue weighted by Crippen LogP contribution is 2.16. The number of phenols is 1. The van der Waals surface area contributed by atoms with Crippen molar-refractivity contribution >= 4 is 5.97 Å². The fourth-order valence-corrected chi connectivity index (χ4v) is 1.47. The van der Waals surface area contributed by atoms with Crippen LogP contribution < -0.4 is 5.73 Å². The lowest BCUT2D eigenvalue weighted by atomic mass is 9.99. The molecular weight excluding hydrogens is 222 g/mol. The highest BCUT2D eigenvalue weighted by Gasteiger charge is 2.21. The van der Waals surface area contributed by atoms with Gasteiger partial charge < -0.3 is 21.1 Å². The van der Waals surface area contributed by atoms with Crippen molar-refractivity contribution in [3.05, 3.63) is 29.8 Å². The van der Waals surface area contributed by atoms with Crippen LogP contribution in [0.25, 0.3) is 0 Å². The van der Waals surface area contributed by atoms with Crippen molar-refractivity contribution < 1.29 is 20.1 Å². The molecule has 94 valence electrons. The van der Waals surface area contributed by atoms with Crippen LogP contribution in [0.4, 0.5) is 0 Å². The minimum Gasteiger partial charge on any atom is -0.508 e. The fourth-order valence-electron chi connectivity index (χ4n) is 1.47. The van der Waals surface area contributed by atoms with Gasteiger partial charge in [0.1, 0.15) is 11.5 Å². The number of phenolic OH excluding ortho intramolecular Hbond substituents is 1. The first-order valence-corrected chi connectivity index (χ1v) is 5.40. The number of carboxylic acid groups (broad SMARTS) is 1. The number of nitrogens with two attached hydrogens (primary N) is 1. The van der Waals surface area contributed by atoms with Crippen LogP contribution in [-0.2, 0) is 11.2 Å². The summed E-state index contributed by atoms with van der Waals surface area (Å²) in [6.45, 7) is 0. The lowest BCUT2D eigenvalue weighted by Gasteiger charge is -2.22. The number of benzene rings is 1. The summed E-state index contributed by atoms with van der Waals surface area (Å²) < 4.78 is 0. The van der Waals surface area contributed by atoms with Gasteiger partial charge in [-0.25, -0.2) is 0 Å². The third-order valence-electron chi connectivity index (χ3n) is 2.55. The van der Waals surface area contributed by atoms with E-state index in [4.69, 9.17) is 15.9 Å². The van der Waals surface area contributed by atoms with E-state index in [0.29, 0.717) is 6.42 Å². The van der Waals surface area contributed by atoms with Crippen molar-refractivity contribution in [2.24, 2.45) is 5.73 Å². The lowest BCUT2D eigenvalue weighted by molar-refractivity contribution is -0.138. The maximum absolute atomic E-state index is 10.4. The van der Waals surface area contributed by atoms with Gasteiger partial charge in [0.25, 0.3) is 0 Å². The molecule has 0 saturated heterocycles. The van der Waals surface area contributed by atoms with E-state index in [2.05, 4.69) is 0 Å². The van der Waals surface area contributed by atoms with E-state index in [-0.39, 0.29) is 25.0 Å². The van der Waals surface area contributed by atoms with Crippen LogP contribution in [0.1, 0.15) is 24.8 Å². The Balaban J connectivity index is 2.43. The Labute approximate surface area is 99.5 Å². The molecule has 5 N–H and O–H groups in total. The maximum atomic E-state index is 10.4. The van der Waals surface area contributed by atoms with E-state index in [0.717, 1.165) is 5.56 Å². The molecule has 1 aromatic carbocycles. The monoisotopic (exact) mass is 239 g/mol. The molecule has 17 heavy (non-hydrogen) atoms. The van der Waals surface area contributed by atoms with Gasteiger partial charge in [-0.3, -0.25) is 4.79 Å². The number of carbonyl (C=O) groups is 1. The highest BCUT2D eigenvalue weighted by molar-refractivity contribution is 5.66. The van der Waals surface area contributed by atoms with Crippen LogP contribution in [0.2, 0.25) is 0 Å². The molecule has 0 aliphatic heterocycles. The number of aliphatic carboxylic acids is 1. The summed E-state index contributed by atoms with van der Waals surface area (Å²) in [4.78, 5) is 10.4. The van der Waals surface area contributed by atoms with E-state index in [9.17, 15) is 9.90 Å². The van der Waals surface area contributed by atoms with Gasteiger partial charge in [-0.2, -0.15) is 0 Å². The first kappa shape index (κ1) is 13.5. The number of carboxylic acids is 1. The van der Waals surface area contributed by atoms with Gasteiger partial charge in [-0.15, -0.1) is 0 Å². The van der Waals surface area contributed by atoms with Crippen LogP contribution in [0.3, 0.4) is 0 Å². The predicted molar refractivity (Wildman–Crippen MR) is 62.4 cm³/mol. The molecule has 0 radical (unpaired) electrons. The average molecular weight is 239 g/mol. The molecule has 0 amide bonds. The molecule has 0 aromatic heterocycles. The molecule has 1 atom stereocenters. The summed E-state index contributed by atoms with van der Waals surface area (Å²) in [6, 6.07) is 6.59. The number of hydrogen-bond donors (Lipinski definition) is 4. The van der Waals surface area contributed by atoms with Crippen LogP contribution in [0.5, 0.6) is 5.75 Å². The molecule has 0 fully saturated rings. The van der Waals surface area contributed by atoms with E-state index in [1.54, 1.807) is 24.3 Å². The van der Waals surface area contributed by atoms with E-state index < -0.39 is 11.7 Å². The quantitative estimate of drug-likeness (QED) is 0.551. The Morgan fingerprint density at radius 1 is 1.24 bits per heavy atom. The minimum absolute atomic E-state index is 0.0282. The first-order chi connectivity index (χ1) is 7.89. The molecule has 5 heteroatoms. The number of rotatable bonds is 6. The molecule has 5 nitrogen and oxygen atoms in total. The van der Waals surface area contributed by atoms with Crippen molar-refractivity contribution in [1.29, 1.82) is 0 Å². The van der Waals surface area contributed by atoms with Crippen molar-refractivity contribution in [1.82, 2.24) is 0 Å². The third-order valence-corrected chi connectivity index (χ3v) is 2.55. The minimum atomic E-state index is -1.46. The van der Waals surface area contributed by atoms with Crippen LogP contribution in [-0.4, -0.2) is 27.0 Å². The van der Waals surface area contributed by atoms with E-state index >= 15 is 0 Å². The normalized spacial score (nSPS) is 14.2. The zero-order valence-electron chi connectivity index (χ0n) is 9.47. The molecule has 0 aliphatic rings. The molecule has 0 bridgehead atoms. The van der Waals surface area contributed by atoms with Gasteiger partial charge in [0.05, 0.1) is 0 Å². The van der Waals surface area contributed by atoms with Crippen LogP contribution in [0, 0.1) is 0 Å². The van der Waals surface area contributed by atoms with Crippen molar-refractivity contribution in [2.75, 3.05) is 0 Å². The first-order valence-electron chi connectivity index (χ1n) is 5.40. The Kier molecular flexibility index (Phi) is 4.48. The second kappa shape index (κ2) is 5.65. The SMILES string of the molecule is NC(O)(CCC(=O)O)CCc1ccc(O)cc1. The van der Waals surface area contributed by atoms with Gasteiger partial charge in [-0.1, -0.05) is 12.1 Å². The van der Waals surface area contributed by atoms with Crippen molar-refractivity contribution in [2.45, 2.75) is 31.4 Å². The van der Waals surface area contributed by atoms with Crippen LogP contribution >= 0.6 is 0 Å². The Morgan fingerprint density at radius 2 is 1.82 bits per heavy atom. The van der Waals surface area contributed by atoms with Gasteiger partial charge in [0.15, 0.2) is 0 Å². The molecule has 1 unspecified atom stereocenters. The smallest absolute Gasteiger partial charge is 0.303 e. The van der Waals surface area contributed by atoms with E-state index in [1.807, 2.05) is 0 Å². The largest absolute Gasteiger partial charge is 0.508 e. The maximum Gasteiger partial charge on any atom is 0.303 e. The summed E-state index contributed by atoms with van der Waals surface area (Å²) in [5.41, 5.74) is 5.06. The molecule has 1 aromatic rings. The molecule has 0 saturated carbocycles. The summed E-state index contributed by atoms with van der Waals surface area (Å²) in [7, 11) is 0. The Morgan fingerprint density at radius 3 is 2.35 bits per heavy atom. The summed E-state index contributed by atoms with van der Waals surface area (Å²) in [5, 5.41) is 27.3. The predicted octanol–water partition coefficient (Wildman–Crippen LogP) is 0.837. The standard InChI is InChI=1S/C12H17NO4/c13-12(17,8-6-11(15)16)7-5-9-1-3-10(14)4-2-9/h1-4,14,17H,5-8,13H2,(H,15,16). The topological polar surface area (TPSA) is 104 Å². The van der Waals surface area contributed by atoms with E-state index in [1.165, 1.54) is 0 Å². The number of aryl methyl sites for hydroxylation is 1. The molecule has 0 heterocycles. The molecule has 1 rings (SSSR count). The lowest BCUT2D eigenvalue weighted by Crippen LogP contribution is -2.40. The number of aliphatic hydroxyl groups is 1. The van der Waals surface area contributed by atoms with Crippen molar-refractivity contribution in [3.8, 4) is 5.75 Å². The highest BCUT2D eigenvalue weighted by atomic mass is 16.4. The Bertz CT molecular complexity index is 373. The number of hydrogen-bond acceptors (Lipinski definition) is 4. The second-order valence-electron chi connectivity index (χ2n) is 4.16. The van der Waals surface area contributed by atoms with Crippen LogP contribution in [0.15, 0.2) is 24.3 Å². The van der Waals surface area contributed by atoms with Gasteiger partial charge >= 0.3 is 5.97 Å². The van der Waals surface area contributed by atoms with Gasteiger partial charge in [0, 0.05) is 6.42 Å². The zero-order chi connectivity index (χ0) is 12.9. The number of aromatic hydroxyl groups is 1. The second-order valence-corrected chi connectivity index (χ2v) is 4.16. The summed E-state index contributed by atoms with van der Waals surface area (Å²) in [5.74, 6) is -0.791. The third kappa shape index (κ3) is 5.33. The molecule has 0 spiro atoms. The fraction of sp³-hybridized carbons (Fsp3) is 0.417. The van der Waals surface area contributed by atoms with Gasteiger partial charge in [0.2, 0.25) is 0 Å². The molecular formula is C12H17NO4. The Hall–Kier alpha value is -1.59. The average Bonchev–Trinajstić information content (AvgIpc) is 2.26.